The number of alkyl carbamates (subject to hydrolysis) is 1. The van der Waals surface area contributed by atoms with Gasteiger partial charge in [-0.2, -0.15) is 0 Å². The van der Waals surface area contributed by atoms with E-state index in [1.807, 2.05) is 54.6 Å². The Balaban J connectivity index is 1.75. The summed E-state index contributed by atoms with van der Waals surface area (Å²) in [4.78, 5) is 26.6. The molecule has 0 aliphatic carbocycles. The third-order valence-electron chi connectivity index (χ3n) is 4.36. The summed E-state index contributed by atoms with van der Waals surface area (Å²) in [5.74, 6) is -0.0476. The number of nitrogens with one attached hydrogen (secondary N) is 1. The number of amides is 2. The molecule has 1 N–H and O–H groups in total. The fraction of sp³-hybridized carbons (Fsp3) is 0.304. The van der Waals surface area contributed by atoms with Gasteiger partial charge in [0.25, 0.3) is 0 Å². The van der Waals surface area contributed by atoms with E-state index in [9.17, 15) is 9.59 Å². The third-order valence-corrected chi connectivity index (χ3v) is 4.36. The highest BCUT2D eigenvalue weighted by atomic mass is 16.6. The molecular weight excluding hydrogens is 352 g/mol. The summed E-state index contributed by atoms with van der Waals surface area (Å²) in [6.45, 7) is 6.13. The number of carbonyl (C=O) groups is 2. The van der Waals surface area contributed by atoms with Crippen molar-refractivity contribution in [2.75, 3.05) is 11.4 Å². The van der Waals surface area contributed by atoms with Crippen LogP contribution in [0, 0.1) is 0 Å². The number of carbonyl (C=O) groups excluding carboxylic acids is 2. The van der Waals surface area contributed by atoms with Crippen LogP contribution in [0.5, 0.6) is 0 Å². The second-order valence-electron chi connectivity index (χ2n) is 7.75. The van der Waals surface area contributed by atoms with Crippen molar-refractivity contribution in [2.45, 2.75) is 39.3 Å². The molecule has 0 aromatic heterocycles. The lowest BCUT2D eigenvalue weighted by Gasteiger charge is -2.27. The molecule has 5 nitrogen and oxygen atoms in total. The van der Waals surface area contributed by atoms with Crippen LogP contribution in [0.4, 0.5) is 10.5 Å². The summed E-state index contributed by atoms with van der Waals surface area (Å²) in [5.41, 5.74) is 3.48. The summed E-state index contributed by atoms with van der Waals surface area (Å²) in [7, 11) is 0. The Kier molecular flexibility index (Phi) is 5.83. The first kappa shape index (κ1) is 19.7. The molecule has 0 spiro atoms. The topological polar surface area (TPSA) is 58.6 Å². The number of ether oxygens (including phenoxy) is 1. The van der Waals surface area contributed by atoms with Crippen LogP contribution >= 0.6 is 0 Å². The molecule has 5 heteroatoms. The summed E-state index contributed by atoms with van der Waals surface area (Å²) in [6.07, 6.45) is 3.80. The van der Waals surface area contributed by atoms with E-state index in [2.05, 4.69) is 11.4 Å². The molecule has 1 aliphatic heterocycles. The molecule has 2 aromatic rings. The highest BCUT2D eigenvalue weighted by Crippen LogP contribution is 2.29. The van der Waals surface area contributed by atoms with Crippen LogP contribution in [0.25, 0.3) is 12.2 Å². The van der Waals surface area contributed by atoms with Gasteiger partial charge in [-0.3, -0.25) is 4.79 Å². The molecule has 0 saturated carbocycles. The Morgan fingerprint density at radius 1 is 1.00 bits per heavy atom. The van der Waals surface area contributed by atoms with Gasteiger partial charge in [0.1, 0.15) is 5.60 Å². The maximum Gasteiger partial charge on any atom is 0.407 e. The number of benzene rings is 2. The van der Waals surface area contributed by atoms with Gasteiger partial charge in [0.05, 0.1) is 12.2 Å². The molecule has 0 fully saturated rings. The number of rotatable bonds is 3. The molecule has 0 radical (unpaired) electrons. The molecule has 3 rings (SSSR count). The molecular formula is C23H26N2O3. The SMILES string of the molecule is CC(C)(C)OC(=O)NCCC(=O)N1Cc2ccccc2C=Cc2ccccc21. The van der Waals surface area contributed by atoms with E-state index in [1.54, 1.807) is 25.7 Å². The molecule has 1 aliphatic rings. The van der Waals surface area contributed by atoms with Crippen molar-refractivity contribution in [2.24, 2.45) is 0 Å². The fourth-order valence-electron chi connectivity index (χ4n) is 3.09. The van der Waals surface area contributed by atoms with Gasteiger partial charge in [0.2, 0.25) is 5.91 Å². The maximum atomic E-state index is 13.0. The van der Waals surface area contributed by atoms with Gasteiger partial charge in [-0.05, 0) is 43.5 Å². The van der Waals surface area contributed by atoms with E-state index in [1.165, 1.54) is 0 Å². The quantitative estimate of drug-likeness (QED) is 0.848. The first-order valence-corrected chi connectivity index (χ1v) is 9.46. The van der Waals surface area contributed by atoms with Gasteiger partial charge in [0, 0.05) is 13.0 Å². The second-order valence-corrected chi connectivity index (χ2v) is 7.75. The third kappa shape index (κ3) is 5.00. The van der Waals surface area contributed by atoms with E-state index in [4.69, 9.17) is 4.74 Å². The Morgan fingerprint density at radius 2 is 1.64 bits per heavy atom. The molecule has 146 valence electrons. The average Bonchev–Trinajstić information content (AvgIpc) is 2.62. The smallest absolute Gasteiger partial charge is 0.407 e. The Morgan fingerprint density at radius 3 is 2.39 bits per heavy atom. The zero-order valence-corrected chi connectivity index (χ0v) is 16.6. The van der Waals surface area contributed by atoms with Crippen molar-refractivity contribution < 1.29 is 14.3 Å². The molecule has 2 amide bonds. The summed E-state index contributed by atoms with van der Waals surface area (Å²) in [6, 6.07) is 15.9. The summed E-state index contributed by atoms with van der Waals surface area (Å²) >= 11 is 0. The number of anilines is 1. The first-order valence-electron chi connectivity index (χ1n) is 9.46. The van der Waals surface area contributed by atoms with E-state index in [0.29, 0.717) is 6.54 Å². The Bertz CT molecular complexity index is 897. The molecule has 1 heterocycles. The van der Waals surface area contributed by atoms with Gasteiger partial charge < -0.3 is 15.0 Å². The molecule has 0 saturated heterocycles. The minimum atomic E-state index is -0.563. The van der Waals surface area contributed by atoms with Crippen molar-refractivity contribution in [3.8, 4) is 0 Å². The number of para-hydroxylation sites is 1. The van der Waals surface area contributed by atoms with E-state index < -0.39 is 11.7 Å². The minimum Gasteiger partial charge on any atom is -0.444 e. The van der Waals surface area contributed by atoms with Crippen molar-refractivity contribution in [1.29, 1.82) is 0 Å². The van der Waals surface area contributed by atoms with Crippen LogP contribution in [0.1, 0.15) is 43.9 Å². The first-order chi connectivity index (χ1) is 13.3. The van der Waals surface area contributed by atoms with Crippen LogP contribution < -0.4 is 10.2 Å². The predicted octanol–water partition coefficient (Wildman–Crippen LogP) is 4.62. The van der Waals surface area contributed by atoms with Crippen molar-refractivity contribution in [1.82, 2.24) is 5.32 Å². The van der Waals surface area contributed by atoms with Crippen LogP contribution in [0.3, 0.4) is 0 Å². The standard InChI is InChI=1S/C23H26N2O3/c1-23(2,3)28-22(27)24-15-14-21(26)25-16-19-10-5-4-8-17(19)12-13-18-9-6-7-11-20(18)25/h4-13H,14-16H2,1-3H3,(H,24,27). The van der Waals surface area contributed by atoms with Gasteiger partial charge >= 0.3 is 6.09 Å². The molecule has 28 heavy (non-hydrogen) atoms. The summed E-state index contributed by atoms with van der Waals surface area (Å²) < 4.78 is 5.22. The number of nitrogens with zero attached hydrogens (tertiary/aromatic N) is 1. The van der Waals surface area contributed by atoms with Crippen molar-refractivity contribution in [3.05, 3.63) is 65.2 Å². The van der Waals surface area contributed by atoms with Gasteiger partial charge in [-0.1, -0.05) is 54.6 Å². The lowest BCUT2D eigenvalue weighted by molar-refractivity contribution is -0.118. The Hall–Kier alpha value is -3.08. The molecule has 2 aromatic carbocycles. The van der Waals surface area contributed by atoms with E-state index in [0.717, 1.165) is 22.4 Å². The highest BCUT2D eigenvalue weighted by molar-refractivity contribution is 5.97. The minimum absolute atomic E-state index is 0.0476. The maximum absolute atomic E-state index is 13.0. The molecule has 0 atom stereocenters. The zero-order valence-electron chi connectivity index (χ0n) is 16.6. The number of hydrogen-bond donors (Lipinski definition) is 1. The molecule has 0 unspecified atom stereocenters. The van der Waals surface area contributed by atoms with Crippen LogP contribution in [-0.4, -0.2) is 24.1 Å². The van der Waals surface area contributed by atoms with Crippen LogP contribution in [0.15, 0.2) is 48.5 Å². The second kappa shape index (κ2) is 8.30. The van der Waals surface area contributed by atoms with Gasteiger partial charge in [-0.25, -0.2) is 4.79 Å². The fourth-order valence-corrected chi connectivity index (χ4v) is 3.09. The van der Waals surface area contributed by atoms with Crippen molar-refractivity contribution in [3.63, 3.8) is 0 Å². The van der Waals surface area contributed by atoms with Crippen LogP contribution in [-0.2, 0) is 16.1 Å². The van der Waals surface area contributed by atoms with Crippen molar-refractivity contribution >= 4 is 29.8 Å². The summed E-state index contributed by atoms with van der Waals surface area (Å²) in [5, 5.41) is 2.66. The van der Waals surface area contributed by atoms with E-state index >= 15 is 0 Å². The van der Waals surface area contributed by atoms with E-state index in [-0.39, 0.29) is 18.9 Å². The van der Waals surface area contributed by atoms with Crippen LogP contribution in [0.2, 0.25) is 0 Å². The normalized spacial score (nSPS) is 13.0. The zero-order chi connectivity index (χ0) is 20.1. The predicted molar refractivity (Wildman–Crippen MR) is 112 cm³/mol. The lowest BCUT2D eigenvalue weighted by Crippen LogP contribution is -2.37. The largest absolute Gasteiger partial charge is 0.444 e. The number of hydrogen-bond acceptors (Lipinski definition) is 3. The Labute approximate surface area is 166 Å². The monoisotopic (exact) mass is 378 g/mol. The highest BCUT2D eigenvalue weighted by Gasteiger charge is 2.21. The van der Waals surface area contributed by atoms with Gasteiger partial charge in [-0.15, -0.1) is 0 Å². The lowest BCUT2D eigenvalue weighted by atomic mass is 10.0. The van der Waals surface area contributed by atoms with Gasteiger partial charge in [0.15, 0.2) is 0 Å². The molecule has 0 bridgehead atoms. The average molecular weight is 378 g/mol. The number of fused-ring (bicyclic) bond motifs is 2.